The van der Waals surface area contributed by atoms with Crippen molar-refractivity contribution >= 4 is 11.9 Å². The topological polar surface area (TPSA) is 102 Å². The lowest BCUT2D eigenvalue weighted by Crippen LogP contribution is -2.76. The number of carboxylic acid groups (broad SMARTS) is 1. The highest BCUT2D eigenvalue weighted by molar-refractivity contribution is 5.89. The molecular formula is C15H26N2O4. The van der Waals surface area contributed by atoms with E-state index in [4.69, 9.17) is 10.5 Å². The van der Waals surface area contributed by atoms with Crippen molar-refractivity contribution in [2.24, 2.45) is 17.1 Å². The first kappa shape index (κ1) is 16.2. The summed E-state index contributed by atoms with van der Waals surface area (Å²) in [4.78, 5) is 23.7. The van der Waals surface area contributed by atoms with Crippen LogP contribution in [0.1, 0.15) is 46.5 Å². The van der Waals surface area contributed by atoms with Crippen molar-refractivity contribution in [3.8, 4) is 0 Å². The second-order valence-corrected chi connectivity index (χ2v) is 6.80. The molecule has 1 amide bonds. The third-order valence-corrected chi connectivity index (χ3v) is 5.38. The van der Waals surface area contributed by atoms with Crippen molar-refractivity contribution in [2.45, 2.75) is 64.1 Å². The van der Waals surface area contributed by atoms with Crippen LogP contribution in [0.15, 0.2) is 0 Å². The van der Waals surface area contributed by atoms with Crippen LogP contribution in [-0.4, -0.2) is 41.3 Å². The van der Waals surface area contributed by atoms with Gasteiger partial charge in [-0.1, -0.05) is 20.3 Å². The van der Waals surface area contributed by atoms with E-state index in [1.54, 1.807) is 0 Å². The van der Waals surface area contributed by atoms with Gasteiger partial charge in [0.15, 0.2) is 0 Å². The number of ether oxygens (including phenoxy) is 1. The van der Waals surface area contributed by atoms with Gasteiger partial charge >= 0.3 is 5.97 Å². The number of hydrogen-bond acceptors (Lipinski definition) is 4. The summed E-state index contributed by atoms with van der Waals surface area (Å²) in [5, 5.41) is 12.1. The van der Waals surface area contributed by atoms with Crippen LogP contribution < -0.4 is 11.1 Å². The van der Waals surface area contributed by atoms with Gasteiger partial charge in [0.2, 0.25) is 5.91 Å². The smallest absolute Gasteiger partial charge is 0.308 e. The fraction of sp³-hybridized carbons (Fsp3) is 0.867. The fourth-order valence-electron chi connectivity index (χ4n) is 3.55. The Bertz CT molecular complexity index is 437. The van der Waals surface area contributed by atoms with Gasteiger partial charge in [-0.2, -0.15) is 0 Å². The quantitative estimate of drug-likeness (QED) is 0.699. The lowest BCUT2D eigenvalue weighted by atomic mass is 9.54. The summed E-state index contributed by atoms with van der Waals surface area (Å²) < 4.78 is 5.61. The molecule has 0 bridgehead atoms. The summed E-state index contributed by atoms with van der Waals surface area (Å²) in [5.74, 6) is -1.59. The van der Waals surface area contributed by atoms with Crippen LogP contribution in [0.25, 0.3) is 0 Å². The van der Waals surface area contributed by atoms with Crippen molar-refractivity contribution in [2.75, 3.05) is 6.61 Å². The summed E-state index contributed by atoms with van der Waals surface area (Å²) in [6.45, 7) is 6.37. The molecule has 0 saturated heterocycles. The zero-order chi connectivity index (χ0) is 15.8. The third kappa shape index (κ3) is 2.55. The van der Waals surface area contributed by atoms with Crippen LogP contribution in [0.3, 0.4) is 0 Å². The Labute approximate surface area is 125 Å². The molecule has 120 valence electrons. The monoisotopic (exact) mass is 298 g/mol. The van der Waals surface area contributed by atoms with Gasteiger partial charge in [0, 0.05) is 24.5 Å². The zero-order valence-electron chi connectivity index (χ0n) is 13.0. The van der Waals surface area contributed by atoms with Crippen molar-refractivity contribution in [3.05, 3.63) is 0 Å². The first-order valence-electron chi connectivity index (χ1n) is 7.68. The molecule has 4 atom stereocenters. The molecule has 2 saturated carbocycles. The molecule has 0 radical (unpaired) electrons. The number of nitrogens with one attached hydrogen (secondary N) is 1. The Hall–Kier alpha value is -1.14. The maximum atomic E-state index is 12.6. The SMILES string of the molecule is CCOC1CC(N)(C(=O)NC2CCCC2C(=O)O)C1(C)C. The van der Waals surface area contributed by atoms with E-state index in [1.165, 1.54) is 0 Å². The predicted octanol–water partition coefficient (Wildman–Crippen LogP) is 0.888. The van der Waals surface area contributed by atoms with E-state index in [0.717, 1.165) is 6.42 Å². The number of aliphatic carboxylic acids is 1. The van der Waals surface area contributed by atoms with E-state index in [9.17, 15) is 14.7 Å². The van der Waals surface area contributed by atoms with Gasteiger partial charge in [-0.05, 0) is 19.8 Å². The highest BCUT2D eigenvalue weighted by Gasteiger charge is 2.63. The molecule has 6 heteroatoms. The van der Waals surface area contributed by atoms with Gasteiger partial charge in [0.1, 0.15) is 5.54 Å². The van der Waals surface area contributed by atoms with Gasteiger partial charge in [0.05, 0.1) is 12.0 Å². The van der Waals surface area contributed by atoms with Gasteiger partial charge in [-0.25, -0.2) is 0 Å². The molecule has 2 aliphatic carbocycles. The van der Waals surface area contributed by atoms with Crippen LogP contribution in [0.2, 0.25) is 0 Å². The Balaban J connectivity index is 2.02. The van der Waals surface area contributed by atoms with E-state index < -0.39 is 22.8 Å². The van der Waals surface area contributed by atoms with Gasteiger partial charge in [0.25, 0.3) is 0 Å². The minimum atomic E-state index is -0.988. The fourth-order valence-corrected chi connectivity index (χ4v) is 3.55. The molecule has 0 aromatic heterocycles. The molecule has 2 fully saturated rings. The molecule has 4 N–H and O–H groups in total. The third-order valence-electron chi connectivity index (χ3n) is 5.38. The summed E-state index contributed by atoms with van der Waals surface area (Å²) in [6, 6.07) is -0.308. The Morgan fingerprint density at radius 3 is 2.57 bits per heavy atom. The van der Waals surface area contributed by atoms with E-state index in [2.05, 4.69) is 5.32 Å². The molecule has 2 aliphatic rings. The molecule has 2 rings (SSSR count). The summed E-state index contributed by atoms with van der Waals surface area (Å²) in [7, 11) is 0. The number of carboxylic acids is 1. The molecule has 0 aromatic rings. The van der Waals surface area contributed by atoms with Crippen molar-refractivity contribution in [1.82, 2.24) is 5.32 Å². The highest BCUT2D eigenvalue weighted by atomic mass is 16.5. The number of carbonyl (C=O) groups excluding carboxylic acids is 1. The Kier molecular flexibility index (Phi) is 4.31. The number of hydrogen-bond donors (Lipinski definition) is 3. The Morgan fingerprint density at radius 1 is 1.38 bits per heavy atom. The van der Waals surface area contributed by atoms with E-state index >= 15 is 0 Å². The first-order chi connectivity index (χ1) is 9.74. The summed E-state index contributed by atoms with van der Waals surface area (Å²) >= 11 is 0. The van der Waals surface area contributed by atoms with Crippen LogP contribution in [0.4, 0.5) is 0 Å². The van der Waals surface area contributed by atoms with Gasteiger partial charge < -0.3 is 20.9 Å². The summed E-state index contributed by atoms with van der Waals surface area (Å²) in [5.41, 5.74) is 4.86. The number of nitrogens with two attached hydrogens (primary N) is 1. The predicted molar refractivity (Wildman–Crippen MR) is 77.6 cm³/mol. The van der Waals surface area contributed by atoms with E-state index in [1.807, 2.05) is 20.8 Å². The maximum Gasteiger partial charge on any atom is 0.308 e. The molecule has 0 spiro atoms. The number of rotatable bonds is 5. The molecule has 0 aliphatic heterocycles. The number of carbonyl (C=O) groups is 2. The standard InChI is InChI=1S/C15H26N2O4/c1-4-21-11-8-15(16,14(11,2)3)13(20)17-10-7-5-6-9(10)12(18)19/h9-11H,4-8,16H2,1-3H3,(H,17,20)(H,18,19). The highest BCUT2D eigenvalue weighted by Crippen LogP contribution is 2.50. The lowest BCUT2D eigenvalue weighted by molar-refractivity contribution is -0.171. The molecule has 21 heavy (non-hydrogen) atoms. The molecule has 0 aromatic carbocycles. The minimum absolute atomic E-state index is 0.0305. The molecule has 6 nitrogen and oxygen atoms in total. The molecule has 0 heterocycles. The zero-order valence-corrected chi connectivity index (χ0v) is 13.0. The second kappa shape index (κ2) is 5.57. The normalized spacial score (nSPS) is 37.8. The largest absolute Gasteiger partial charge is 0.481 e. The van der Waals surface area contributed by atoms with Crippen LogP contribution in [-0.2, 0) is 14.3 Å². The molecular weight excluding hydrogens is 272 g/mol. The average Bonchev–Trinajstić information content (AvgIpc) is 2.86. The number of amides is 1. The van der Waals surface area contributed by atoms with Crippen LogP contribution in [0, 0.1) is 11.3 Å². The van der Waals surface area contributed by atoms with Crippen molar-refractivity contribution in [3.63, 3.8) is 0 Å². The average molecular weight is 298 g/mol. The second-order valence-electron chi connectivity index (χ2n) is 6.80. The minimum Gasteiger partial charge on any atom is -0.481 e. The molecule has 4 unspecified atom stereocenters. The summed E-state index contributed by atoms with van der Waals surface area (Å²) in [6.07, 6.45) is 2.59. The van der Waals surface area contributed by atoms with Gasteiger partial charge in [-0.15, -0.1) is 0 Å². The van der Waals surface area contributed by atoms with Crippen molar-refractivity contribution in [1.29, 1.82) is 0 Å². The maximum absolute atomic E-state index is 12.6. The first-order valence-corrected chi connectivity index (χ1v) is 7.68. The van der Waals surface area contributed by atoms with Gasteiger partial charge in [-0.3, -0.25) is 9.59 Å². The van der Waals surface area contributed by atoms with E-state index in [0.29, 0.717) is 25.9 Å². The Morgan fingerprint density at radius 2 is 2.05 bits per heavy atom. The lowest BCUT2D eigenvalue weighted by Gasteiger charge is -2.57. The van der Waals surface area contributed by atoms with E-state index in [-0.39, 0.29) is 18.1 Å². The van der Waals surface area contributed by atoms with Crippen molar-refractivity contribution < 1.29 is 19.4 Å². The van der Waals surface area contributed by atoms with Crippen LogP contribution >= 0.6 is 0 Å². The van der Waals surface area contributed by atoms with Crippen LogP contribution in [0.5, 0.6) is 0 Å².